The minimum Gasteiger partial charge on any atom is -0.493 e. The van der Waals surface area contributed by atoms with E-state index in [4.69, 9.17) is 4.74 Å². The first-order valence-electron chi connectivity index (χ1n) is 5.88. The number of aromatic amines is 1. The van der Waals surface area contributed by atoms with Crippen LogP contribution in [-0.4, -0.2) is 16.6 Å². The summed E-state index contributed by atoms with van der Waals surface area (Å²) >= 11 is 0. The predicted octanol–water partition coefficient (Wildman–Crippen LogP) is 2.39. The van der Waals surface area contributed by atoms with Gasteiger partial charge in [-0.3, -0.25) is 0 Å². The van der Waals surface area contributed by atoms with Gasteiger partial charge in [-0.05, 0) is 29.8 Å². The molecule has 1 aliphatic heterocycles. The minimum absolute atomic E-state index is 0.00391. The van der Waals surface area contributed by atoms with Gasteiger partial charge in [-0.15, -0.1) is 0 Å². The highest BCUT2D eigenvalue weighted by Gasteiger charge is 2.32. The normalized spacial score (nSPS) is 13.9. The van der Waals surface area contributed by atoms with E-state index in [9.17, 15) is 18.0 Å². The molecule has 1 aliphatic rings. The second kappa shape index (κ2) is 4.36. The molecule has 0 saturated carbocycles. The van der Waals surface area contributed by atoms with Crippen LogP contribution in [0.15, 0.2) is 29.1 Å². The highest BCUT2D eigenvalue weighted by atomic mass is 19.4. The van der Waals surface area contributed by atoms with Crippen molar-refractivity contribution in [3.05, 3.63) is 46.0 Å². The zero-order valence-electron chi connectivity index (χ0n) is 10.1. The van der Waals surface area contributed by atoms with Gasteiger partial charge in [0.05, 0.1) is 12.3 Å². The maximum Gasteiger partial charge on any atom is 0.431 e. The number of ether oxygens (including phenoxy) is 1. The van der Waals surface area contributed by atoms with Crippen molar-refractivity contribution in [3.8, 4) is 17.0 Å². The van der Waals surface area contributed by atoms with E-state index in [0.717, 1.165) is 17.4 Å². The summed E-state index contributed by atoms with van der Waals surface area (Å²) in [6.45, 7) is 0.551. The van der Waals surface area contributed by atoms with Gasteiger partial charge in [0.2, 0.25) is 0 Å². The summed E-state index contributed by atoms with van der Waals surface area (Å²) in [7, 11) is 0. The summed E-state index contributed by atoms with van der Waals surface area (Å²) in [5.41, 5.74) is -0.768. The lowest BCUT2D eigenvalue weighted by molar-refractivity contribution is -0.141. The highest BCUT2D eigenvalue weighted by Crippen LogP contribution is 2.32. The molecule has 104 valence electrons. The van der Waals surface area contributed by atoms with Gasteiger partial charge < -0.3 is 9.72 Å². The van der Waals surface area contributed by atoms with E-state index >= 15 is 0 Å². The molecule has 1 aromatic carbocycles. The summed E-state index contributed by atoms with van der Waals surface area (Å²) in [6.07, 6.45) is -3.92. The Morgan fingerprint density at radius 3 is 2.80 bits per heavy atom. The Hall–Kier alpha value is -2.31. The first kappa shape index (κ1) is 12.7. The lowest BCUT2D eigenvalue weighted by Gasteiger charge is -2.08. The lowest BCUT2D eigenvalue weighted by Crippen LogP contribution is -2.19. The standard InChI is InChI=1S/C13H9F3N2O2/c14-13(15,16)11-6-9(17-12(19)18-11)7-1-2-10-8(5-7)3-4-20-10/h1-2,5-6H,3-4H2,(H,17,18,19). The largest absolute Gasteiger partial charge is 0.493 e. The fourth-order valence-corrected chi connectivity index (χ4v) is 2.10. The molecule has 3 rings (SSSR count). The Morgan fingerprint density at radius 2 is 2.05 bits per heavy atom. The molecule has 0 radical (unpaired) electrons. The molecule has 0 fully saturated rings. The molecule has 0 unspecified atom stereocenters. The summed E-state index contributed by atoms with van der Waals surface area (Å²) in [6, 6.07) is 5.79. The third-order valence-electron chi connectivity index (χ3n) is 3.04. The molecular formula is C13H9F3N2O2. The van der Waals surface area contributed by atoms with Gasteiger partial charge in [0.15, 0.2) is 0 Å². The van der Waals surface area contributed by atoms with Crippen molar-refractivity contribution < 1.29 is 17.9 Å². The molecule has 1 aromatic heterocycles. The summed E-state index contributed by atoms with van der Waals surface area (Å²) in [4.78, 5) is 16.6. The number of nitrogens with one attached hydrogen (secondary N) is 1. The maximum atomic E-state index is 12.7. The predicted molar refractivity (Wildman–Crippen MR) is 64.5 cm³/mol. The number of H-pyrrole nitrogens is 1. The number of aromatic nitrogens is 2. The van der Waals surface area contributed by atoms with Gasteiger partial charge in [0, 0.05) is 12.0 Å². The van der Waals surface area contributed by atoms with Crippen LogP contribution < -0.4 is 10.4 Å². The molecule has 20 heavy (non-hydrogen) atoms. The number of alkyl halides is 3. The van der Waals surface area contributed by atoms with E-state index in [0.29, 0.717) is 18.6 Å². The van der Waals surface area contributed by atoms with Crippen LogP contribution in [0.2, 0.25) is 0 Å². The third kappa shape index (κ3) is 2.26. The number of benzene rings is 1. The Morgan fingerprint density at radius 1 is 1.25 bits per heavy atom. The third-order valence-corrected chi connectivity index (χ3v) is 3.04. The van der Waals surface area contributed by atoms with Crippen LogP contribution in [0.3, 0.4) is 0 Å². The van der Waals surface area contributed by atoms with Crippen LogP contribution in [0.4, 0.5) is 13.2 Å². The van der Waals surface area contributed by atoms with Crippen LogP contribution in [0.1, 0.15) is 11.3 Å². The van der Waals surface area contributed by atoms with Gasteiger partial charge >= 0.3 is 11.9 Å². The molecular weight excluding hydrogens is 273 g/mol. The molecule has 0 amide bonds. The Kier molecular flexibility index (Phi) is 2.77. The fraction of sp³-hybridized carbons (Fsp3) is 0.231. The molecule has 0 bridgehead atoms. The molecule has 7 heteroatoms. The van der Waals surface area contributed by atoms with E-state index in [1.165, 1.54) is 0 Å². The molecule has 1 N–H and O–H groups in total. The van der Waals surface area contributed by atoms with Crippen LogP contribution >= 0.6 is 0 Å². The Balaban J connectivity index is 2.10. The zero-order valence-corrected chi connectivity index (χ0v) is 10.1. The Bertz CT molecular complexity index is 722. The van der Waals surface area contributed by atoms with Gasteiger partial charge in [-0.2, -0.15) is 18.2 Å². The van der Waals surface area contributed by atoms with Gasteiger partial charge in [-0.1, -0.05) is 0 Å². The molecule has 2 heterocycles. The van der Waals surface area contributed by atoms with Crippen molar-refractivity contribution in [2.24, 2.45) is 0 Å². The van der Waals surface area contributed by atoms with E-state index < -0.39 is 17.6 Å². The van der Waals surface area contributed by atoms with E-state index in [1.54, 1.807) is 23.2 Å². The quantitative estimate of drug-likeness (QED) is 0.873. The van der Waals surface area contributed by atoms with Crippen molar-refractivity contribution >= 4 is 0 Å². The van der Waals surface area contributed by atoms with Crippen LogP contribution in [-0.2, 0) is 12.6 Å². The SMILES string of the molecule is O=c1nc(-c2ccc3c(c2)CCO3)cc(C(F)(F)F)[nH]1. The fourth-order valence-electron chi connectivity index (χ4n) is 2.10. The molecule has 0 aliphatic carbocycles. The van der Waals surface area contributed by atoms with Crippen LogP contribution in [0.25, 0.3) is 11.3 Å². The number of hydrogen-bond acceptors (Lipinski definition) is 3. The van der Waals surface area contributed by atoms with Gasteiger partial charge in [-0.25, -0.2) is 4.79 Å². The van der Waals surface area contributed by atoms with Gasteiger partial charge in [0.25, 0.3) is 0 Å². The lowest BCUT2D eigenvalue weighted by atomic mass is 10.1. The average Bonchev–Trinajstić information content (AvgIpc) is 2.84. The highest BCUT2D eigenvalue weighted by molar-refractivity contribution is 5.62. The summed E-state index contributed by atoms with van der Waals surface area (Å²) in [5.74, 6) is 0.717. The number of rotatable bonds is 1. The van der Waals surface area contributed by atoms with Crippen molar-refractivity contribution in [2.75, 3.05) is 6.61 Å². The van der Waals surface area contributed by atoms with Crippen LogP contribution in [0, 0.1) is 0 Å². The second-order valence-electron chi connectivity index (χ2n) is 4.40. The number of halogens is 3. The first-order valence-corrected chi connectivity index (χ1v) is 5.88. The average molecular weight is 282 g/mol. The minimum atomic E-state index is -4.61. The number of fused-ring (bicyclic) bond motifs is 1. The van der Waals surface area contributed by atoms with Crippen LogP contribution in [0.5, 0.6) is 5.75 Å². The zero-order chi connectivity index (χ0) is 14.3. The van der Waals surface area contributed by atoms with Crippen molar-refractivity contribution in [3.63, 3.8) is 0 Å². The molecule has 0 saturated heterocycles. The second-order valence-corrected chi connectivity index (χ2v) is 4.40. The molecule has 4 nitrogen and oxygen atoms in total. The summed E-state index contributed by atoms with van der Waals surface area (Å²) < 4.78 is 43.3. The number of hydrogen-bond donors (Lipinski definition) is 1. The molecule has 2 aromatic rings. The monoisotopic (exact) mass is 282 g/mol. The molecule has 0 spiro atoms. The van der Waals surface area contributed by atoms with Crippen molar-refractivity contribution in [1.29, 1.82) is 0 Å². The van der Waals surface area contributed by atoms with Gasteiger partial charge in [0.1, 0.15) is 11.4 Å². The molecule has 0 atom stereocenters. The maximum absolute atomic E-state index is 12.7. The van der Waals surface area contributed by atoms with Crippen molar-refractivity contribution in [2.45, 2.75) is 12.6 Å². The first-order chi connectivity index (χ1) is 9.43. The van der Waals surface area contributed by atoms with E-state index in [-0.39, 0.29) is 5.69 Å². The van der Waals surface area contributed by atoms with Crippen molar-refractivity contribution in [1.82, 2.24) is 9.97 Å². The number of nitrogens with zero attached hydrogens (tertiary/aromatic N) is 1. The summed E-state index contributed by atoms with van der Waals surface area (Å²) in [5, 5.41) is 0. The topological polar surface area (TPSA) is 55.0 Å². The Labute approximate surface area is 111 Å². The van der Waals surface area contributed by atoms with E-state index in [1.807, 2.05) is 0 Å². The smallest absolute Gasteiger partial charge is 0.431 e. The van der Waals surface area contributed by atoms with E-state index in [2.05, 4.69) is 4.98 Å².